The molecule has 3 N–H and O–H groups in total. The fourth-order valence-electron chi connectivity index (χ4n) is 1.94. The van der Waals surface area contributed by atoms with E-state index in [-0.39, 0.29) is 22.5 Å². The highest BCUT2D eigenvalue weighted by molar-refractivity contribution is 8.00. The van der Waals surface area contributed by atoms with Crippen LogP contribution in [0, 0.1) is 0 Å². The van der Waals surface area contributed by atoms with Gasteiger partial charge in [0.25, 0.3) is 5.56 Å². The van der Waals surface area contributed by atoms with E-state index in [1.54, 1.807) is 12.1 Å². The number of carbonyl (C=O) groups is 1. The first-order chi connectivity index (χ1) is 11.0. The number of thioether (sulfide) groups is 1. The average Bonchev–Trinajstić information content (AvgIpc) is 2.54. The van der Waals surface area contributed by atoms with Gasteiger partial charge in [-0.15, -0.1) is 0 Å². The molecule has 23 heavy (non-hydrogen) atoms. The third-order valence-corrected chi connectivity index (χ3v) is 4.44. The quantitative estimate of drug-likeness (QED) is 0.429. The van der Waals surface area contributed by atoms with Crippen LogP contribution in [0.4, 0.5) is 5.69 Å². The number of nitrogens with zero attached hydrogens (tertiary/aromatic N) is 1. The molecule has 0 saturated carbocycles. The van der Waals surface area contributed by atoms with Crippen molar-refractivity contribution >= 4 is 23.4 Å². The standard InChI is InChI=1S/C16H19N3O3S/c1-3-10-9-14(21)19-16(18-10)23-13(4-2)15(22)17-11-5-7-12(20)8-6-11/h5-9,13,20H,3-4H2,1-2H3,(H,17,22)(H,18,19,21). The van der Waals surface area contributed by atoms with E-state index in [1.165, 1.54) is 30.0 Å². The number of rotatable bonds is 6. The maximum absolute atomic E-state index is 12.4. The lowest BCUT2D eigenvalue weighted by Gasteiger charge is -2.14. The molecule has 0 fully saturated rings. The van der Waals surface area contributed by atoms with Crippen LogP contribution in [0.2, 0.25) is 0 Å². The molecule has 1 atom stereocenters. The van der Waals surface area contributed by atoms with Crippen molar-refractivity contribution in [2.75, 3.05) is 5.32 Å². The maximum Gasteiger partial charge on any atom is 0.251 e. The maximum atomic E-state index is 12.4. The third-order valence-electron chi connectivity index (χ3n) is 3.19. The minimum Gasteiger partial charge on any atom is -0.508 e. The molecule has 2 aromatic rings. The SMILES string of the molecule is CCc1cc(=O)[nH]c(SC(CC)C(=O)Nc2ccc(O)cc2)n1. The molecule has 1 unspecified atom stereocenters. The first-order valence-electron chi connectivity index (χ1n) is 7.38. The molecule has 1 heterocycles. The lowest BCUT2D eigenvalue weighted by atomic mass is 10.2. The molecule has 1 aromatic heterocycles. The van der Waals surface area contributed by atoms with Gasteiger partial charge in [-0.1, -0.05) is 25.6 Å². The van der Waals surface area contributed by atoms with Crippen molar-refractivity contribution in [3.8, 4) is 5.75 Å². The van der Waals surface area contributed by atoms with Gasteiger partial charge in [0.05, 0.1) is 5.25 Å². The number of aryl methyl sites for hydroxylation is 1. The van der Waals surface area contributed by atoms with E-state index >= 15 is 0 Å². The number of phenolic OH excluding ortho intramolecular Hbond substituents is 1. The van der Waals surface area contributed by atoms with Gasteiger partial charge in [0.1, 0.15) is 5.75 Å². The summed E-state index contributed by atoms with van der Waals surface area (Å²) in [7, 11) is 0. The molecule has 6 nitrogen and oxygen atoms in total. The van der Waals surface area contributed by atoms with Crippen molar-refractivity contribution < 1.29 is 9.90 Å². The van der Waals surface area contributed by atoms with Crippen LogP contribution < -0.4 is 10.9 Å². The zero-order valence-corrected chi connectivity index (χ0v) is 13.8. The Morgan fingerprint density at radius 2 is 2.04 bits per heavy atom. The van der Waals surface area contributed by atoms with E-state index in [0.29, 0.717) is 29.4 Å². The number of aromatic amines is 1. The number of amides is 1. The predicted octanol–water partition coefficient (Wildman–Crippen LogP) is 2.55. The van der Waals surface area contributed by atoms with Gasteiger partial charge in [0, 0.05) is 17.4 Å². The van der Waals surface area contributed by atoms with E-state index in [4.69, 9.17) is 0 Å². The first-order valence-corrected chi connectivity index (χ1v) is 8.26. The average molecular weight is 333 g/mol. The molecule has 1 aromatic carbocycles. The second kappa shape index (κ2) is 7.82. The van der Waals surface area contributed by atoms with Crippen LogP contribution in [-0.4, -0.2) is 26.2 Å². The minimum atomic E-state index is -0.376. The Morgan fingerprint density at radius 1 is 1.35 bits per heavy atom. The Balaban J connectivity index is 2.09. The zero-order valence-electron chi connectivity index (χ0n) is 13.0. The summed E-state index contributed by atoms with van der Waals surface area (Å²) >= 11 is 1.23. The number of nitrogens with one attached hydrogen (secondary N) is 2. The number of carbonyl (C=O) groups excluding carboxylic acids is 1. The molecule has 2 rings (SSSR count). The topological polar surface area (TPSA) is 95.1 Å². The molecule has 0 aliphatic rings. The molecule has 0 bridgehead atoms. The highest BCUT2D eigenvalue weighted by atomic mass is 32.2. The summed E-state index contributed by atoms with van der Waals surface area (Å²) in [4.78, 5) is 30.9. The Morgan fingerprint density at radius 3 is 2.65 bits per heavy atom. The highest BCUT2D eigenvalue weighted by Gasteiger charge is 2.19. The summed E-state index contributed by atoms with van der Waals surface area (Å²) in [6.07, 6.45) is 1.25. The van der Waals surface area contributed by atoms with E-state index in [9.17, 15) is 14.7 Å². The van der Waals surface area contributed by atoms with Gasteiger partial charge < -0.3 is 15.4 Å². The zero-order chi connectivity index (χ0) is 16.8. The normalized spacial score (nSPS) is 11.9. The van der Waals surface area contributed by atoms with Crippen molar-refractivity contribution in [2.45, 2.75) is 37.1 Å². The largest absolute Gasteiger partial charge is 0.508 e. The highest BCUT2D eigenvalue weighted by Crippen LogP contribution is 2.23. The number of anilines is 1. The van der Waals surface area contributed by atoms with Crippen molar-refractivity contribution in [2.24, 2.45) is 0 Å². The lowest BCUT2D eigenvalue weighted by Crippen LogP contribution is -2.25. The van der Waals surface area contributed by atoms with E-state index in [1.807, 2.05) is 13.8 Å². The first kappa shape index (κ1) is 17.1. The van der Waals surface area contributed by atoms with E-state index < -0.39 is 0 Å². The van der Waals surface area contributed by atoms with Gasteiger partial charge in [-0.3, -0.25) is 9.59 Å². The Labute approximate surface area is 138 Å². The smallest absolute Gasteiger partial charge is 0.251 e. The number of aromatic hydroxyl groups is 1. The van der Waals surface area contributed by atoms with Crippen LogP contribution >= 0.6 is 11.8 Å². The number of phenols is 1. The fourth-order valence-corrected chi connectivity index (χ4v) is 2.88. The van der Waals surface area contributed by atoms with Gasteiger partial charge in [-0.25, -0.2) is 4.98 Å². The molecule has 122 valence electrons. The molecule has 7 heteroatoms. The molecule has 0 aliphatic carbocycles. The van der Waals surface area contributed by atoms with Crippen molar-refractivity contribution in [1.29, 1.82) is 0 Å². The van der Waals surface area contributed by atoms with Crippen LogP contribution in [0.15, 0.2) is 40.3 Å². The summed E-state index contributed by atoms with van der Waals surface area (Å²) in [6.45, 7) is 3.82. The molecule has 1 amide bonds. The molecule has 0 spiro atoms. The minimum absolute atomic E-state index is 0.141. The molecule has 0 saturated heterocycles. The number of aromatic nitrogens is 2. The number of hydrogen-bond donors (Lipinski definition) is 3. The van der Waals surface area contributed by atoms with Gasteiger partial charge in [-0.05, 0) is 37.1 Å². The van der Waals surface area contributed by atoms with Crippen molar-refractivity contribution in [3.05, 3.63) is 46.4 Å². The monoisotopic (exact) mass is 333 g/mol. The van der Waals surface area contributed by atoms with E-state index in [2.05, 4.69) is 15.3 Å². The molecule has 0 radical (unpaired) electrons. The lowest BCUT2D eigenvalue weighted by molar-refractivity contribution is -0.115. The van der Waals surface area contributed by atoms with Gasteiger partial charge in [0.15, 0.2) is 5.16 Å². The van der Waals surface area contributed by atoms with Gasteiger partial charge in [0.2, 0.25) is 5.91 Å². The number of H-pyrrole nitrogens is 1. The van der Waals surface area contributed by atoms with E-state index in [0.717, 1.165) is 0 Å². The molecule has 0 aliphatic heterocycles. The van der Waals surface area contributed by atoms with Crippen LogP contribution in [0.1, 0.15) is 26.0 Å². The molecular weight excluding hydrogens is 314 g/mol. The second-order valence-corrected chi connectivity index (χ2v) is 6.14. The Kier molecular flexibility index (Phi) is 5.81. The second-order valence-electron chi connectivity index (χ2n) is 4.95. The Hall–Kier alpha value is -2.28. The van der Waals surface area contributed by atoms with Crippen LogP contribution in [0.25, 0.3) is 0 Å². The van der Waals surface area contributed by atoms with Crippen LogP contribution in [0.3, 0.4) is 0 Å². The summed E-state index contributed by atoms with van der Waals surface area (Å²) in [5.74, 6) is -0.0321. The summed E-state index contributed by atoms with van der Waals surface area (Å²) in [6, 6.07) is 7.73. The van der Waals surface area contributed by atoms with Crippen molar-refractivity contribution in [1.82, 2.24) is 9.97 Å². The molecular formula is C16H19N3O3S. The summed E-state index contributed by atoms with van der Waals surface area (Å²) in [5, 5.41) is 12.1. The van der Waals surface area contributed by atoms with Crippen LogP contribution in [-0.2, 0) is 11.2 Å². The predicted molar refractivity (Wildman–Crippen MR) is 90.9 cm³/mol. The van der Waals surface area contributed by atoms with Crippen LogP contribution in [0.5, 0.6) is 5.75 Å². The summed E-state index contributed by atoms with van der Waals surface area (Å²) < 4.78 is 0. The number of hydrogen-bond acceptors (Lipinski definition) is 5. The van der Waals surface area contributed by atoms with Crippen molar-refractivity contribution in [3.63, 3.8) is 0 Å². The summed E-state index contributed by atoms with van der Waals surface area (Å²) in [5.41, 5.74) is 1.09. The Bertz CT molecular complexity index is 728. The van der Waals surface area contributed by atoms with Gasteiger partial charge >= 0.3 is 0 Å². The third kappa shape index (κ3) is 4.85. The number of benzene rings is 1. The fraction of sp³-hybridized carbons (Fsp3) is 0.312. The van der Waals surface area contributed by atoms with Gasteiger partial charge in [-0.2, -0.15) is 0 Å².